The Labute approximate surface area is 246 Å². The molecule has 3 aliphatic rings. The summed E-state index contributed by atoms with van der Waals surface area (Å²) in [7, 11) is 0. The van der Waals surface area contributed by atoms with E-state index in [2.05, 4.69) is 10.6 Å². The molecule has 8 nitrogen and oxygen atoms in total. The van der Waals surface area contributed by atoms with Crippen LogP contribution in [0.25, 0.3) is 0 Å². The second kappa shape index (κ2) is 11.3. The van der Waals surface area contributed by atoms with Crippen LogP contribution in [0.1, 0.15) is 35.1 Å². The lowest BCUT2D eigenvalue weighted by Gasteiger charge is -2.37. The molecule has 2 bridgehead atoms. The summed E-state index contributed by atoms with van der Waals surface area (Å²) in [5.41, 5.74) is 3.26. The molecule has 3 saturated heterocycles. The predicted molar refractivity (Wildman–Crippen MR) is 158 cm³/mol. The Kier molecular flexibility index (Phi) is 7.60. The minimum atomic E-state index is -1.15. The van der Waals surface area contributed by atoms with Gasteiger partial charge in [0.2, 0.25) is 17.7 Å². The van der Waals surface area contributed by atoms with Crippen molar-refractivity contribution in [3.8, 4) is 0 Å². The number of amides is 3. The normalized spacial score (nSPS) is 26.6. The van der Waals surface area contributed by atoms with Crippen molar-refractivity contribution in [3.63, 3.8) is 0 Å². The number of nitrogens with zero attached hydrogens (tertiary/aromatic N) is 1. The molecule has 3 N–H and O–H groups in total. The highest BCUT2D eigenvalue weighted by Crippen LogP contribution is 2.59. The molecule has 3 heterocycles. The molecule has 0 aliphatic carbocycles. The Morgan fingerprint density at radius 3 is 2.24 bits per heavy atom. The molecule has 3 aliphatic heterocycles. The molecule has 0 aromatic heterocycles. The Hall–Kier alpha value is -4.01. The van der Waals surface area contributed by atoms with Crippen molar-refractivity contribution in [1.82, 2.24) is 10.2 Å². The topological polar surface area (TPSA) is 108 Å². The van der Waals surface area contributed by atoms with Gasteiger partial charge in [-0.2, -0.15) is 0 Å². The van der Waals surface area contributed by atoms with E-state index in [1.165, 1.54) is 4.90 Å². The van der Waals surface area contributed by atoms with Crippen LogP contribution in [0.4, 0.5) is 5.69 Å². The number of rotatable bonds is 9. The highest BCUT2D eigenvalue weighted by atomic mass is 16.5. The smallest absolute Gasteiger partial charge is 0.250 e. The number of hydrogen-bond acceptors (Lipinski definition) is 5. The van der Waals surface area contributed by atoms with E-state index < -0.39 is 35.6 Å². The number of benzene rings is 3. The fourth-order valence-corrected chi connectivity index (χ4v) is 7.33. The van der Waals surface area contributed by atoms with Crippen LogP contribution >= 0.6 is 0 Å². The summed E-state index contributed by atoms with van der Waals surface area (Å²) in [5, 5.41) is 16.7. The molecule has 3 aromatic rings. The number of aliphatic hydroxyl groups excluding tert-OH is 1. The lowest BCUT2D eigenvalue weighted by atomic mass is 9.70. The number of para-hydroxylation sites is 1. The standard InChI is InChI=1S/C34H37N3O5/c1-21-10-9-11-22(2)29(21)36-32(40)30-34-17-16-26(42-34)27(31(39)35-19-24-14-7-4-8-15-24)28(34)33(41)37(30)25(20-38)18-23-12-5-3-6-13-23/h3-15,25-28,30,38H,16-20H2,1-2H3,(H,35,39)(H,36,40)/t25-,26-,27+,28+,30?,34?/m1/s1. The maximum Gasteiger partial charge on any atom is 0.250 e. The number of likely N-dealkylation sites (tertiary alicyclic amines) is 1. The summed E-state index contributed by atoms with van der Waals surface area (Å²) in [6.07, 6.45) is 0.986. The number of hydrogen-bond donors (Lipinski definition) is 3. The number of carbonyl (C=O) groups excluding carboxylic acids is 3. The largest absolute Gasteiger partial charge is 0.394 e. The second-order valence-corrected chi connectivity index (χ2v) is 11.8. The van der Waals surface area contributed by atoms with Crippen molar-refractivity contribution in [3.05, 3.63) is 101 Å². The molecule has 42 heavy (non-hydrogen) atoms. The molecule has 3 amide bonds. The molecule has 0 saturated carbocycles. The third-order valence-corrected chi connectivity index (χ3v) is 9.25. The van der Waals surface area contributed by atoms with Gasteiger partial charge in [-0.05, 0) is 55.4 Å². The third-order valence-electron chi connectivity index (χ3n) is 9.25. The van der Waals surface area contributed by atoms with E-state index in [0.717, 1.165) is 22.3 Å². The van der Waals surface area contributed by atoms with Crippen LogP contribution < -0.4 is 10.6 Å². The first kappa shape index (κ1) is 28.1. The summed E-state index contributed by atoms with van der Waals surface area (Å²) in [4.78, 5) is 43.9. The lowest BCUT2D eigenvalue weighted by molar-refractivity contribution is -0.144. The van der Waals surface area contributed by atoms with Crippen molar-refractivity contribution >= 4 is 23.4 Å². The maximum atomic E-state index is 14.4. The first-order valence-electron chi connectivity index (χ1n) is 14.7. The van der Waals surface area contributed by atoms with Gasteiger partial charge in [-0.1, -0.05) is 78.9 Å². The highest BCUT2D eigenvalue weighted by molar-refractivity contribution is 6.04. The fourth-order valence-electron chi connectivity index (χ4n) is 7.33. The van der Waals surface area contributed by atoms with Gasteiger partial charge in [-0.15, -0.1) is 0 Å². The number of carbonyl (C=O) groups is 3. The van der Waals surface area contributed by atoms with Crippen LogP contribution in [0.5, 0.6) is 0 Å². The molecule has 1 spiro atoms. The molecule has 0 radical (unpaired) electrons. The summed E-state index contributed by atoms with van der Waals surface area (Å²) in [6, 6.07) is 23.4. The van der Waals surface area contributed by atoms with Crippen molar-refractivity contribution in [2.24, 2.45) is 11.8 Å². The van der Waals surface area contributed by atoms with Gasteiger partial charge in [-0.3, -0.25) is 14.4 Å². The van der Waals surface area contributed by atoms with Gasteiger partial charge in [0.05, 0.1) is 30.6 Å². The minimum absolute atomic E-state index is 0.247. The third kappa shape index (κ3) is 4.78. The molecule has 8 heteroatoms. The first-order valence-corrected chi connectivity index (χ1v) is 14.7. The Morgan fingerprint density at radius 1 is 0.952 bits per heavy atom. The number of fused-ring (bicyclic) bond motifs is 1. The number of nitrogens with one attached hydrogen (secondary N) is 2. The zero-order valence-corrected chi connectivity index (χ0v) is 24.0. The minimum Gasteiger partial charge on any atom is -0.394 e. The predicted octanol–water partition coefficient (Wildman–Crippen LogP) is 3.54. The van der Waals surface area contributed by atoms with Gasteiger partial charge < -0.3 is 25.4 Å². The average molecular weight is 568 g/mol. The number of ether oxygens (including phenoxy) is 1. The summed E-state index contributed by atoms with van der Waals surface area (Å²) in [5.74, 6) is -2.45. The summed E-state index contributed by atoms with van der Waals surface area (Å²) >= 11 is 0. The van der Waals surface area contributed by atoms with Crippen LogP contribution in [0.15, 0.2) is 78.9 Å². The van der Waals surface area contributed by atoms with Crippen LogP contribution in [-0.2, 0) is 32.1 Å². The van der Waals surface area contributed by atoms with Gasteiger partial charge in [0.15, 0.2) is 0 Å². The summed E-state index contributed by atoms with van der Waals surface area (Å²) in [6.45, 7) is 3.87. The van der Waals surface area contributed by atoms with Crippen molar-refractivity contribution in [2.45, 2.75) is 63.4 Å². The van der Waals surface area contributed by atoms with Crippen molar-refractivity contribution in [2.75, 3.05) is 11.9 Å². The lowest BCUT2D eigenvalue weighted by Crippen LogP contribution is -2.57. The van der Waals surface area contributed by atoms with Gasteiger partial charge in [0, 0.05) is 12.2 Å². The zero-order valence-electron chi connectivity index (χ0n) is 24.0. The fraction of sp³-hybridized carbons (Fsp3) is 0.382. The first-order chi connectivity index (χ1) is 20.3. The van der Waals surface area contributed by atoms with E-state index in [0.29, 0.717) is 31.5 Å². The van der Waals surface area contributed by atoms with E-state index in [1.807, 2.05) is 92.7 Å². The molecule has 3 fully saturated rings. The number of aryl methyl sites for hydroxylation is 2. The van der Waals surface area contributed by atoms with Gasteiger partial charge in [0.25, 0.3) is 0 Å². The van der Waals surface area contributed by atoms with E-state index in [4.69, 9.17) is 4.74 Å². The number of anilines is 1. The SMILES string of the molecule is Cc1cccc(C)c1NC(=O)C1N([C@@H](CO)Cc2ccccc2)C(=O)[C@@H]2[C@@H](C(=O)NCc3ccccc3)[C@H]3CCC12O3. The van der Waals surface area contributed by atoms with Crippen LogP contribution in [0, 0.1) is 25.7 Å². The Morgan fingerprint density at radius 2 is 1.60 bits per heavy atom. The molecule has 3 aromatic carbocycles. The van der Waals surface area contributed by atoms with Crippen LogP contribution in [0.2, 0.25) is 0 Å². The molecule has 218 valence electrons. The highest BCUT2D eigenvalue weighted by Gasteiger charge is 2.75. The van der Waals surface area contributed by atoms with Gasteiger partial charge in [0.1, 0.15) is 11.6 Å². The molecule has 6 atom stereocenters. The van der Waals surface area contributed by atoms with E-state index in [1.54, 1.807) is 0 Å². The van der Waals surface area contributed by atoms with E-state index in [9.17, 15) is 19.5 Å². The van der Waals surface area contributed by atoms with Crippen LogP contribution in [-0.4, -0.2) is 58.1 Å². The Bertz CT molecular complexity index is 1460. The quantitative estimate of drug-likeness (QED) is 0.367. The molecule has 2 unspecified atom stereocenters. The summed E-state index contributed by atoms with van der Waals surface area (Å²) < 4.78 is 6.58. The van der Waals surface area contributed by atoms with E-state index in [-0.39, 0.29) is 24.3 Å². The van der Waals surface area contributed by atoms with E-state index >= 15 is 0 Å². The van der Waals surface area contributed by atoms with Crippen LogP contribution in [0.3, 0.4) is 0 Å². The zero-order chi connectivity index (χ0) is 29.4. The van der Waals surface area contributed by atoms with Gasteiger partial charge in [-0.25, -0.2) is 0 Å². The van der Waals surface area contributed by atoms with Gasteiger partial charge >= 0.3 is 0 Å². The van der Waals surface area contributed by atoms with Crippen molar-refractivity contribution in [1.29, 1.82) is 0 Å². The maximum absolute atomic E-state index is 14.4. The second-order valence-electron chi connectivity index (χ2n) is 11.8. The molecular formula is C34H37N3O5. The monoisotopic (exact) mass is 567 g/mol. The van der Waals surface area contributed by atoms with Crippen molar-refractivity contribution < 1.29 is 24.2 Å². The Balaban J connectivity index is 1.35. The number of aliphatic hydroxyl groups is 1. The average Bonchev–Trinajstić information content (AvgIpc) is 3.65. The molecule has 6 rings (SSSR count). The molecular weight excluding hydrogens is 530 g/mol.